The van der Waals surface area contributed by atoms with Crippen LogP contribution in [0, 0.1) is 5.92 Å². The van der Waals surface area contributed by atoms with Crippen LogP contribution in [0.4, 0.5) is 26.3 Å². The van der Waals surface area contributed by atoms with Crippen LogP contribution < -0.4 is 5.32 Å². The van der Waals surface area contributed by atoms with Gasteiger partial charge in [-0.3, -0.25) is 14.4 Å². The van der Waals surface area contributed by atoms with E-state index in [0.29, 0.717) is 17.4 Å². The molecule has 1 saturated carbocycles. The van der Waals surface area contributed by atoms with Crippen molar-refractivity contribution in [3.63, 3.8) is 0 Å². The summed E-state index contributed by atoms with van der Waals surface area (Å²) in [5.41, 5.74) is -7.79. The van der Waals surface area contributed by atoms with E-state index < -0.39 is 63.3 Å². The second-order valence-electron chi connectivity index (χ2n) is 8.85. The average molecular weight is 636 g/mol. The number of benzene rings is 1. The summed E-state index contributed by atoms with van der Waals surface area (Å²) in [7, 11) is 0. The van der Waals surface area contributed by atoms with E-state index in [1.165, 1.54) is 4.90 Å². The van der Waals surface area contributed by atoms with Gasteiger partial charge in [-0.2, -0.15) is 26.3 Å². The fraction of sp³-hybridized carbons (Fsp3) is 0.478. The van der Waals surface area contributed by atoms with Crippen molar-refractivity contribution in [3.8, 4) is 10.4 Å². The van der Waals surface area contributed by atoms with E-state index in [9.17, 15) is 45.8 Å². The van der Waals surface area contributed by atoms with Gasteiger partial charge >= 0.3 is 18.3 Å². The molecule has 0 aliphatic heterocycles. The Balaban J connectivity index is 2.12. The van der Waals surface area contributed by atoms with Crippen LogP contribution in [0.3, 0.4) is 0 Å². The zero-order valence-corrected chi connectivity index (χ0v) is 22.9. The van der Waals surface area contributed by atoms with Crippen molar-refractivity contribution in [3.05, 3.63) is 38.4 Å². The molecule has 0 bridgehead atoms. The molecule has 1 aliphatic rings. The Labute approximate surface area is 236 Å². The lowest BCUT2D eigenvalue weighted by Gasteiger charge is -2.33. The molecule has 0 spiro atoms. The van der Waals surface area contributed by atoms with Gasteiger partial charge in [0, 0.05) is 30.3 Å². The molecule has 220 valence electrons. The maximum atomic E-state index is 13.4. The Hall–Kier alpha value is -2.62. The summed E-state index contributed by atoms with van der Waals surface area (Å²) in [5.74, 6) is -3.14. The molecule has 3 N–H and O–H groups in total. The molecular weight excluding hydrogens is 615 g/mol. The molecule has 1 aromatic carbocycles. The van der Waals surface area contributed by atoms with Crippen LogP contribution in [0.25, 0.3) is 10.4 Å². The fourth-order valence-corrected chi connectivity index (χ4v) is 5.67. The Bertz CT molecular complexity index is 1310. The number of nitrogens with zero attached hydrogens (tertiary/aromatic N) is 2. The van der Waals surface area contributed by atoms with Crippen LogP contribution in [-0.4, -0.2) is 69.4 Å². The SMILES string of the molecule is CCN(CC)C(=O)c1nc(C(=O)N[C@H]2C[C@H](C(=O)O)C2)sc1-c1ccc(C(O)(C(F)(F)F)C(F)(F)F)c(Cl)c1Cl. The smallest absolute Gasteiger partial charge is 0.430 e. The molecule has 1 aliphatic carbocycles. The number of carboxylic acids is 1. The number of nitrogens with one attached hydrogen (secondary N) is 1. The van der Waals surface area contributed by atoms with E-state index in [1.54, 1.807) is 13.8 Å². The van der Waals surface area contributed by atoms with Gasteiger partial charge in [0.25, 0.3) is 17.4 Å². The number of aromatic nitrogens is 1. The highest BCUT2D eigenvalue weighted by atomic mass is 35.5. The number of halogens is 8. The Morgan fingerprint density at radius 1 is 1.05 bits per heavy atom. The van der Waals surface area contributed by atoms with Crippen LogP contribution >= 0.6 is 34.5 Å². The Morgan fingerprint density at radius 3 is 2.08 bits per heavy atom. The van der Waals surface area contributed by atoms with Gasteiger partial charge < -0.3 is 20.4 Å². The van der Waals surface area contributed by atoms with E-state index in [1.807, 2.05) is 0 Å². The molecule has 0 radical (unpaired) electrons. The van der Waals surface area contributed by atoms with Gasteiger partial charge in [-0.05, 0) is 26.7 Å². The van der Waals surface area contributed by atoms with Gasteiger partial charge in [0.1, 0.15) is 5.69 Å². The van der Waals surface area contributed by atoms with E-state index in [2.05, 4.69) is 10.3 Å². The number of aliphatic hydroxyl groups is 1. The molecule has 17 heteroatoms. The van der Waals surface area contributed by atoms with Gasteiger partial charge in [-0.25, -0.2) is 4.98 Å². The number of hydrogen-bond acceptors (Lipinski definition) is 6. The maximum absolute atomic E-state index is 13.4. The van der Waals surface area contributed by atoms with Crippen molar-refractivity contribution in [2.24, 2.45) is 5.92 Å². The number of aliphatic carboxylic acids is 1. The van der Waals surface area contributed by atoms with Crippen molar-refractivity contribution in [2.45, 2.75) is 50.7 Å². The van der Waals surface area contributed by atoms with Gasteiger partial charge in [0.2, 0.25) is 0 Å². The lowest BCUT2D eigenvalue weighted by Crippen LogP contribution is -2.54. The number of amides is 2. The largest absolute Gasteiger partial charge is 0.481 e. The standard InChI is InChI=1S/C23H21Cl2F6N3O5S/c1-3-34(4-2)19(36)15-16(40-18(33-15)17(35)32-10-7-9(8-10)20(37)38)11-5-6-12(14(25)13(11)24)21(39,22(26,27)28)23(29,30)31/h5-6,9-10,39H,3-4,7-8H2,1-2H3,(H,32,35)(H,37,38)/t9-,10-. The minimum atomic E-state index is -6.22. The molecule has 1 aromatic heterocycles. The van der Waals surface area contributed by atoms with E-state index in [-0.39, 0.29) is 53.1 Å². The van der Waals surface area contributed by atoms with Gasteiger partial charge in [0.15, 0.2) is 5.01 Å². The molecule has 2 amide bonds. The Morgan fingerprint density at radius 2 is 1.60 bits per heavy atom. The molecule has 40 heavy (non-hydrogen) atoms. The molecule has 0 saturated heterocycles. The summed E-state index contributed by atoms with van der Waals surface area (Å²) in [6.07, 6.45) is -12.1. The molecule has 1 heterocycles. The highest BCUT2D eigenvalue weighted by Gasteiger charge is 2.72. The lowest BCUT2D eigenvalue weighted by atomic mass is 9.80. The molecular formula is C23H21Cl2F6N3O5S. The number of alkyl halides is 6. The fourth-order valence-electron chi connectivity index (χ4n) is 4.06. The first kappa shape index (κ1) is 31.9. The average Bonchev–Trinajstić information content (AvgIpc) is 3.26. The summed E-state index contributed by atoms with van der Waals surface area (Å²) >= 11 is 12.6. The second-order valence-corrected chi connectivity index (χ2v) is 10.6. The summed E-state index contributed by atoms with van der Waals surface area (Å²) in [5, 5.41) is 19.0. The van der Waals surface area contributed by atoms with Crippen LogP contribution in [0.15, 0.2) is 12.1 Å². The number of rotatable bonds is 8. The predicted molar refractivity (Wildman–Crippen MR) is 132 cm³/mol. The number of carbonyl (C=O) groups is 3. The van der Waals surface area contributed by atoms with E-state index >= 15 is 0 Å². The van der Waals surface area contributed by atoms with Crippen molar-refractivity contribution in [2.75, 3.05) is 13.1 Å². The first-order valence-electron chi connectivity index (χ1n) is 11.6. The molecule has 3 rings (SSSR count). The van der Waals surface area contributed by atoms with Crippen molar-refractivity contribution >= 4 is 52.3 Å². The zero-order valence-electron chi connectivity index (χ0n) is 20.6. The van der Waals surface area contributed by atoms with Crippen molar-refractivity contribution < 1.29 is 50.9 Å². The van der Waals surface area contributed by atoms with Crippen LogP contribution in [0.1, 0.15) is 52.5 Å². The third-order valence-electron chi connectivity index (χ3n) is 6.43. The minimum absolute atomic E-state index is 0.161. The van der Waals surface area contributed by atoms with Crippen molar-refractivity contribution in [1.29, 1.82) is 0 Å². The second kappa shape index (κ2) is 11.3. The molecule has 0 unspecified atom stereocenters. The number of carboxylic acid groups (broad SMARTS) is 1. The topological polar surface area (TPSA) is 120 Å². The monoisotopic (exact) mass is 635 g/mol. The summed E-state index contributed by atoms with van der Waals surface area (Å²) < 4.78 is 80.7. The molecule has 1 fully saturated rings. The third kappa shape index (κ3) is 5.60. The highest BCUT2D eigenvalue weighted by Crippen LogP contribution is 2.54. The predicted octanol–water partition coefficient (Wildman–Crippen LogP) is 5.50. The number of carbonyl (C=O) groups excluding carboxylic acids is 2. The number of thiazole rings is 1. The third-order valence-corrected chi connectivity index (χ3v) is 8.40. The Kier molecular flexibility index (Phi) is 9.04. The highest BCUT2D eigenvalue weighted by molar-refractivity contribution is 7.17. The lowest BCUT2D eigenvalue weighted by molar-refractivity contribution is -0.376. The summed E-state index contributed by atoms with van der Waals surface area (Å²) in [6.45, 7) is 3.68. The minimum Gasteiger partial charge on any atom is -0.481 e. The van der Waals surface area contributed by atoms with E-state index in [0.717, 1.165) is 0 Å². The quantitative estimate of drug-likeness (QED) is 0.329. The summed E-state index contributed by atoms with van der Waals surface area (Å²) in [4.78, 5) is 42.2. The summed E-state index contributed by atoms with van der Waals surface area (Å²) in [6, 6.07) is 0.516. The van der Waals surface area contributed by atoms with Gasteiger partial charge in [-0.1, -0.05) is 35.3 Å². The van der Waals surface area contributed by atoms with Crippen LogP contribution in [0.5, 0.6) is 0 Å². The normalized spacial score (nSPS) is 17.8. The maximum Gasteiger partial charge on any atom is 0.430 e. The van der Waals surface area contributed by atoms with Gasteiger partial charge in [-0.15, -0.1) is 11.3 Å². The van der Waals surface area contributed by atoms with Crippen LogP contribution in [-0.2, 0) is 10.4 Å². The van der Waals surface area contributed by atoms with Gasteiger partial charge in [0.05, 0.1) is 20.8 Å². The van der Waals surface area contributed by atoms with Crippen molar-refractivity contribution in [1.82, 2.24) is 15.2 Å². The molecule has 2 aromatic rings. The molecule has 0 atom stereocenters. The first-order chi connectivity index (χ1) is 18.4. The first-order valence-corrected chi connectivity index (χ1v) is 13.1. The zero-order chi connectivity index (χ0) is 30.4. The van der Waals surface area contributed by atoms with Crippen LogP contribution in [0.2, 0.25) is 10.0 Å². The number of hydrogen-bond donors (Lipinski definition) is 3. The molecule has 8 nitrogen and oxygen atoms in total. The van der Waals surface area contributed by atoms with E-state index in [4.69, 9.17) is 28.3 Å².